The van der Waals surface area contributed by atoms with Gasteiger partial charge in [0.25, 0.3) is 0 Å². The highest BCUT2D eigenvalue weighted by molar-refractivity contribution is 7.13. The molecule has 2 aromatic heterocycles. The number of rotatable bonds is 0. The Labute approximate surface area is 90.0 Å². The number of nitrogens with two attached hydrogens (primary N) is 1. The fourth-order valence-electron chi connectivity index (χ4n) is 1.06. The van der Waals surface area contributed by atoms with E-state index in [0.29, 0.717) is 5.13 Å². The zero-order valence-corrected chi connectivity index (χ0v) is 8.61. The van der Waals surface area contributed by atoms with Gasteiger partial charge in [-0.25, -0.2) is 4.98 Å². The molecular formula is C9H9N5S. The number of aromatic amines is 1. The highest BCUT2D eigenvalue weighted by Gasteiger charge is 1.88. The molecule has 3 aromatic rings. The minimum Gasteiger partial charge on any atom is -0.374 e. The van der Waals surface area contributed by atoms with Crippen molar-refractivity contribution in [2.45, 2.75) is 0 Å². The molecule has 5 nitrogen and oxygen atoms in total. The number of para-hydroxylation sites is 2. The van der Waals surface area contributed by atoms with Crippen LogP contribution in [-0.2, 0) is 0 Å². The smallest absolute Gasteiger partial charge is 0.202 e. The van der Waals surface area contributed by atoms with Crippen LogP contribution in [0.4, 0.5) is 5.13 Å². The predicted molar refractivity (Wildman–Crippen MR) is 60.4 cm³/mol. The number of aromatic nitrogens is 4. The van der Waals surface area contributed by atoms with E-state index in [1.54, 1.807) is 11.8 Å². The number of nitrogens with one attached hydrogen (secondary N) is 1. The van der Waals surface area contributed by atoms with Crippen molar-refractivity contribution in [2.24, 2.45) is 0 Å². The molecule has 1 aromatic carbocycles. The zero-order chi connectivity index (χ0) is 10.5. The van der Waals surface area contributed by atoms with Gasteiger partial charge in [0.1, 0.15) is 5.51 Å². The molecule has 3 rings (SSSR count). The van der Waals surface area contributed by atoms with Gasteiger partial charge in [0.2, 0.25) is 5.13 Å². The Balaban J connectivity index is 0.000000124. The van der Waals surface area contributed by atoms with Gasteiger partial charge in [-0.15, -0.1) is 10.2 Å². The molecule has 0 bridgehead atoms. The first-order valence-electron chi connectivity index (χ1n) is 4.26. The minimum absolute atomic E-state index is 0.523. The second-order valence-electron chi connectivity index (χ2n) is 2.70. The fourth-order valence-corrected chi connectivity index (χ4v) is 1.36. The molecule has 0 saturated carbocycles. The Morgan fingerprint density at radius 1 is 1.27 bits per heavy atom. The highest BCUT2D eigenvalue weighted by Crippen LogP contribution is 2.05. The van der Waals surface area contributed by atoms with E-state index in [4.69, 9.17) is 5.73 Å². The minimum atomic E-state index is 0.523. The van der Waals surface area contributed by atoms with Gasteiger partial charge in [-0.3, -0.25) is 0 Å². The van der Waals surface area contributed by atoms with E-state index >= 15 is 0 Å². The van der Waals surface area contributed by atoms with Crippen LogP contribution in [0.3, 0.4) is 0 Å². The van der Waals surface area contributed by atoms with Gasteiger partial charge in [-0.1, -0.05) is 23.5 Å². The molecule has 0 radical (unpaired) electrons. The quantitative estimate of drug-likeness (QED) is 0.602. The second-order valence-corrected chi connectivity index (χ2v) is 3.56. The number of benzene rings is 1. The molecule has 0 saturated heterocycles. The van der Waals surface area contributed by atoms with E-state index in [1.807, 2.05) is 24.3 Å². The van der Waals surface area contributed by atoms with Gasteiger partial charge in [0.15, 0.2) is 0 Å². The molecule has 0 amide bonds. The Morgan fingerprint density at radius 3 is 2.73 bits per heavy atom. The van der Waals surface area contributed by atoms with Crippen LogP contribution < -0.4 is 5.73 Å². The van der Waals surface area contributed by atoms with E-state index in [0.717, 1.165) is 11.0 Å². The molecule has 15 heavy (non-hydrogen) atoms. The van der Waals surface area contributed by atoms with E-state index in [-0.39, 0.29) is 0 Å². The van der Waals surface area contributed by atoms with Crippen LogP contribution in [0, 0.1) is 0 Å². The number of hydrogen-bond acceptors (Lipinski definition) is 5. The maximum atomic E-state index is 5.12. The Bertz CT molecular complexity index is 486. The number of nitrogens with zero attached hydrogens (tertiary/aromatic N) is 3. The standard InChI is InChI=1S/C7H6N2.C2H3N3S/c1-2-4-7-6(3-1)8-5-9-7;3-2-5-4-1-6-2/h1-5H,(H,8,9);1H,(H2,3,5). The summed E-state index contributed by atoms with van der Waals surface area (Å²) < 4.78 is 0. The number of nitrogen functional groups attached to an aromatic ring is 1. The maximum absolute atomic E-state index is 5.12. The first kappa shape index (κ1) is 9.60. The lowest BCUT2D eigenvalue weighted by Gasteiger charge is -1.81. The lowest BCUT2D eigenvalue weighted by molar-refractivity contribution is 1.10. The third-order valence-electron chi connectivity index (χ3n) is 1.70. The third-order valence-corrected chi connectivity index (χ3v) is 2.23. The Morgan fingerprint density at radius 2 is 2.13 bits per heavy atom. The molecule has 76 valence electrons. The van der Waals surface area contributed by atoms with Crippen LogP contribution in [0.5, 0.6) is 0 Å². The number of H-pyrrole nitrogens is 1. The van der Waals surface area contributed by atoms with Crippen molar-refractivity contribution in [1.82, 2.24) is 20.2 Å². The van der Waals surface area contributed by atoms with Gasteiger partial charge < -0.3 is 10.7 Å². The second kappa shape index (κ2) is 4.52. The maximum Gasteiger partial charge on any atom is 0.202 e. The lowest BCUT2D eigenvalue weighted by atomic mass is 10.3. The molecule has 0 spiro atoms. The van der Waals surface area contributed by atoms with Crippen LogP contribution in [0.1, 0.15) is 0 Å². The zero-order valence-electron chi connectivity index (χ0n) is 7.79. The monoisotopic (exact) mass is 219 g/mol. The molecule has 0 aliphatic carbocycles. The molecule has 2 heterocycles. The summed E-state index contributed by atoms with van der Waals surface area (Å²) >= 11 is 1.33. The molecular weight excluding hydrogens is 210 g/mol. The highest BCUT2D eigenvalue weighted by atomic mass is 32.1. The van der Waals surface area contributed by atoms with Crippen LogP contribution in [0.25, 0.3) is 11.0 Å². The van der Waals surface area contributed by atoms with Crippen LogP contribution in [0.2, 0.25) is 0 Å². The average Bonchev–Trinajstić information content (AvgIpc) is 2.88. The number of hydrogen-bond donors (Lipinski definition) is 2. The van der Waals surface area contributed by atoms with Gasteiger partial charge in [-0.05, 0) is 12.1 Å². The predicted octanol–water partition coefficient (Wildman–Crippen LogP) is 1.68. The van der Waals surface area contributed by atoms with E-state index in [2.05, 4.69) is 20.2 Å². The first-order chi connectivity index (χ1) is 7.36. The molecule has 3 N–H and O–H groups in total. The lowest BCUT2D eigenvalue weighted by Crippen LogP contribution is -1.79. The summed E-state index contributed by atoms with van der Waals surface area (Å²) in [5.74, 6) is 0. The summed E-state index contributed by atoms with van der Waals surface area (Å²) in [5, 5.41) is 7.45. The first-order valence-corrected chi connectivity index (χ1v) is 5.14. The van der Waals surface area contributed by atoms with E-state index < -0.39 is 0 Å². The number of imidazole rings is 1. The molecule has 6 heteroatoms. The van der Waals surface area contributed by atoms with Crippen molar-refractivity contribution in [3.8, 4) is 0 Å². The molecule has 0 aliphatic heterocycles. The Kier molecular flexibility index (Phi) is 2.89. The summed E-state index contributed by atoms with van der Waals surface area (Å²) in [5.41, 5.74) is 8.84. The Hall–Kier alpha value is -1.95. The number of anilines is 1. The topological polar surface area (TPSA) is 80.5 Å². The van der Waals surface area contributed by atoms with Crippen molar-refractivity contribution < 1.29 is 0 Å². The van der Waals surface area contributed by atoms with Crippen molar-refractivity contribution in [2.75, 3.05) is 5.73 Å². The van der Waals surface area contributed by atoms with Gasteiger partial charge in [-0.2, -0.15) is 0 Å². The summed E-state index contributed by atoms with van der Waals surface area (Å²) in [6.07, 6.45) is 1.70. The summed E-state index contributed by atoms with van der Waals surface area (Å²) in [7, 11) is 0. The van der Waals surface area contributed by atoms with Crippen molar-refractivity contribution in [3.05, 3.63) is 36.1 Å². The van der Waals surface area contributed by atoms with Gasteiger partial charge >= 0.3 is 0 Å². The van der Waals surface area contributed by atoms with Gasteiger partial charge in [0.05, 0.1) is 17.4 Å². The van der Waals surface area contributed by atoms with E-state index in [1.165, 1.54) is 11.3 Å². The fraction of sp³-hybridized carbons (Fsp3) is 0. The molecule has 0 aliphatic rings. The van der Waals surface area contributed by atoms with Crippen LogP contribution in [0.15, 0.2) is 36.1 Å². The normalized spacial score (nSPS) is 9.60. The summed E-state index contributed by atoms with van der Waals surface area (Å²) in [4.78, 5) is 7.07. The van der Waals surface area contributed by atoms with Crippen LogP contribution in [-0.4, -0.2) is 20.2 Å². The summed E-state index contributed by atoms with van der Waals surface area (Å²) in [6.45, 7) is 0. The molecule has 0 atom stereocenters. The average molecular weight is 219 g/mol. The van der Waals surface area contributed by atoms with Crippen molar-refractivity contribution >= 4 is 27.5 Å². The third kappa shape index (κ3) is 2.50. The van der Waals surface area contributed by atoms with Crippen molar-refractivity contribution in [1.29, 1.82) is 0 Å². The van der Waals surface area contributed by atoms with Crippen LogP contribution >= 0.6 is 11.3 Å². The van der Waals surface area contributed by atoms with Gasteiger partial charge in [0, 0.05) is 0 Å². The molecule has 0 fully saturated rings. The summed E-state index contributed by atoms with van der Waals surface area (Å²) in [6, 6.07) is 7.94. The van der Waals surface area contributed by atoms with Crippen molar-refractivity contribution in [3.63, 3.8) is 0 Å². The SMILES string of the molecule is Nc1nncs1.c1ccc2[nH]cnc2c1. The number of fused-ring (bicyclic) bond motifs is 1. The molecule has 0 unspecified atom stereocenters. The largest absolute Gasteiger partial charge is 0.374 e. The van der Waals surface area contributed by atoms with E-state index in [9.17, 15) is 0 Å².